The van der Waals surface area contributed by atoms with Gasteiger partial charge in [-0.15, -0.1) is 16.9 Å². The highest BCUT2D eigenvalue weighted by molar-refractivity contribution is 7.98. The van der Waals surface area contributed by atoms with Gasteiger partial charge in [0.2, 0.25) is 11.8 Å². The molecule has 0 bridgehead atoms. The van der Waals surface area contributed by atoms with E-state index in [1.807, 2.05) is 0 Å². The average Bonchev–Trinajstić information content (AvgIpc) is 3.20. The number of H-pyrrole nitrogens is 1. The summed E-state index contributed by atoms with van der Waals surface area (Å²) in [5.41, 5.74) is 1.82. The van der Waals surface area contributed by atoms with Gasteiger partial charge in [-0.25, -0.2) is 4.98 Å². The van der Waals surface area contributed by atoms with Crippen LogP contribution in [0.15, 0.2) is 27.9 Å². The van der Waals surface area contributed by atoms with Crippen LogP contribution in [0, 0.1) is 13.8 Å². The number of hydrogen-bond acceptors (Lipinski definition) is 7. The number of alkyl halides is 3. The molecule has 3 aromatic heterocycles. The fourth-order valence-corrected chi connectivity index (χ4v) is 3.29. The van der Waals surface area contributed by atoms with Crippen molar-refractivity contribution in [1.29, 1.82) is 0 Å². The lowest BCUT2D eigenvalue weighted by Crippen LogP contribution is -2.15. The maximum absolute atomic E-state index is 12.6. The van der Waals surface area contributed by atoms with E-state index in [0.29, 0.717) is 16.5 Å². The Morgan fingerprint density at radius 1 is 1.37 bits per heavy atom. The largest absolute Gasteiger partial charge is 0.451 e. The number of nitrogens with one attached hydrogen (secondary N) is 2. The van der Waals surface area contributed by atoms with E-state index in [2.05, 4.69) is 25.5 Å². The number of nitrogens with zero attached hydrogens (tertiary/aromatic N) is 4. The highest BCUT2D eigenvalue weighted by Crippen LogP contribution is 2.28. The van der Waals surface area contributed by atoms with Crippen molar-refractivity contribution in [1.82, 2.24) is 25.3 Å². The van der Waals surface area contributed by atoms with Gasteiger partial charge in [0.15, 0.2) is 0 Å². The van der Waals surface area contributed by atoms with Crippen LogP contribution in [0.4, 0.5) is 19.1 Å². The predicted octanol–water partition coefficient (Wildman–Crippen LogP) is 3.37. The van der Waals surface area contributed by atoms with E-state index in [4.69, 9.17) is 4.52 Å². The van der Waals surface area contributed by atoms with Crippen molar-refractivity contribution in [3.8, 4) is 0 Å². The lowest BCUT2D eigenvalue weighted by molar-refractivity contribution is -0.144. The van der Waals surface area contributed by atoms with Gasteiger partial charge in [-0.05, 0) is 26.0 Å². The van der Waals surface area contributed by atoms with E-state index in [9.17, 15) is 18.0 Å². The first-order chi connectivity index (χ1) is 12.8. The van der Waals surface area contributed by atoms with Crippen LogP contribution in [-0.4, -0.2) is 31.2 Å². The van der Waals surface area contributed by atoms with Crippen molar-refractivity contribution in [2.75, 3.05) is 5.32 Å². The second-order valence-electron chi connectivity index (χ2n) is 5.41. The molecule has 0 aliphatic heterocycles. The van der Waals surface area contributed by atoms with Gasteiger partial charge < -0.3 is 4.52 Å². The number of aryl methyl sites for hydroxylation is 2. The average molecular weight is 398 g/mol. The maximum atomic E-state index is 12.6. The molecule has 0 aromatic carbocycles. The first-order valence-electron chi connectivity index (χ1n) is 7.56. The summed E-state index contributed by atoms with van der Waals surface area (Å²) in [6, 6.07) is 3.06. The second kappa shape index (κ2) is 7.39. The van der Waals surface area contributed by atoms with Crippen LogP contribution < -0.4 is 5.32 Å². The smallest absolute Gasteiger partial charge is 0.361 e. The summed E-state index contributed by atoms with van der Waals surface area (Å²) < 4.78 is 42.8. The van der Waals surface area contributed by atoms with E-state index in [0.717, 1.165) is 11.3 Å². The number of hydrogen-bond donors (Lipinski definition) is 2. The van der Waals surface area contributed by atoms with E-state index < -0.39 is 23.9 Å². The molecule has 0 aliphatic rings. The molecule has 0 saturated carbocycles. The Balaban J connectivity index is 1.75. The van der Waals surface area contributed by atoms with Gasteiger partial charge in [0.25, 0.3) is 5.91 Å². The number of pyridine rings is 1. The van der Waals surface area contributed by atoms with Gasteiger partial charge in [0.1, 0.15) is 10.8 Å². The van der Waals surface area contributed by atoms with E-state index in [1.165, 1.54) is 24.0 Å². The number of carbonyl (C=O) groups excluding carboxylic acids is 1. The maximum Gasteiger partial charge on any atom is 0.451 e. The summed E-state index contributed by atoms with van der Waals surface area (Å²) in [5, 5.41) is 11.6. The number of aromatic nitrogens is 5. The molecule has 8 nitrogen and oxygen atoms in total. The first-order valence-corrected chi connectivity index (χ1v) is 8.54. The third-order valence-electron chi connectivity index (χ3n) is 3.53. The molecule has 0 atom stereocenters. The lowest BCUT2D eigenvalue weighted by atomic mass is 10.2. The van der Waals surface area contributed by atoms with Crippen LogP contribution >= 0.6 is 11.8 Å². The normalized spacial score (nSPS) is 11.6. The number of anilines is 1. The van der Waals surface area contributed by atoms with Crippen molar-refractivity contribution < 1.29 is 22.5 Å². The molecule has 142 valence electrons. The monoisotopic (exact) mass is 398 g/mol. The van der Waals surface area contributed by atoms with Gasteiger partial charge in [0.05, 0.1) is 11.3 Å². The Morgan fingerprint density at radius 2 is 2.15 bits per heavy atom. The summed E-state index contributed by atoms with van der Waals surface area (Å²) >= 11 is 1.28. The number of thioether (sulfide) groups is 1. The van der Waals surface area contributed by atoms with Crippen LogP contribution in [0.25, 0.3) is 0 Å². The molecule has 3 heterocycles. The number of amides is 1. The van der Waals surface area contributed by atoms with Gasteiger partial charge in [-0.2, -0.15) is 18.2 Å². The topological polar surface area (TPSA) is 110 Å². The molecule has 3 rings (SSSR count). The Bertz CT molecular complexity index is 949. The molecule has 0 aliphatic carbocycles. The summed E-state index contributed by atoms with van der Waals surface area (Å²) in [6.07, 6.45) is -3.17. The molecule has 0 fully saturated rings. The zero-order valence-corrected chi connectivity index (χ0v) is 14.9. The predicted molar refractivity (Wildman–Crippen MR) is 89.1 cm³/mol. The van der Waals surface area contributed by atoms with E-state index in [1.54, 1.807) is 25.0 Å². The van der Waals surface area contributed by atoms with E-state index in [-0.39, 0.29) is 5.56 Å². The Morgan fingerprint density at radius 3 is 2.78 bits per heavy atom. The molecular weight excluding hydrogens is 385 g/mol. The minimum atomic E-state index is -4.68. The molecule has 2 N–H and O–H groups in total. The molecule has 0 unspecified atom stereocenters. The van der Waals surface area contributed by atoms with Gasteiger partial charge in [0, 0.05) is 17.5 Å². The molecule has 12 heteroatoms. The highest BCUT2D eigenvalue weighted by Gasteiger charge is 2.35. The minimum absolute atomic E-state index is 0.188. The number of rotatable bonds is 5. The standard InChI is InChI=1S/C15H13F3N6O2S/c1-7-10(8(2)26-24-7)6-27-12-9(4-3-5-19-12)11(25)20-14-21-13(22-23-14)15(16,17)18/h3-5H,6H2,1-2H3,(H2,20,21,22,23,25). The number of aromatic amines is 1. The number of halogens is 3. The molecule has 27 heavy (non-hydrogen) atoms. The second-order valence-corrected chi connectivity index (χ2v) is 6.37. The van der Waals surface area contributed by atoms with Gasteiger partial charge in [-0.3, -0.25) is 15.2 Å². The zero-order chi connectivity index (χ0) is 19.6. The fourth-order valence-electron chi connectivity index (χ4n) is 2.14. The van der Waals surface area contributed by atoms with Crippen LogP contribution in [0.5, 0.6) is 0 Å². The molecule has 0 spiro atoms. The SMILES string of the molecule is Cc1noc(C)c1CSc1ncccc1C(=O)Nc1n[nH]c(C(F)(F)F)n1. The lowest BCUT2D eigenvalue weighted by Gasteiger charge is -2.07. The fraction of sp³-hybridized carbons (Fsp3) is 0.267. The van der Waals surface area contributed by atoms with Gasteiger partial charge in [-0.1, -0.05) is 5.16 Å². The van der Waals surface area contributed by atoms with Crippen LogP contribution in [0.2, 0.25) is 0 Å². The van der Waals surface area contributed by atoms with Crippen molar-refractivity contribution >= 4 is 23.6 Å². The Labute approximate surface area is 155 Å². The summed E-state index contributed by atoms with van der Waals surface area (Å²) in [7, 11) is 0. The van der Waals surface area contributed by atoms with Crippen LogP contribution in [0.3, 0.4) is 0 Å². The van der Waals surface area contributed by atoms with Crippen LogP contribution in [-0.2, 0) is 11.9 Å². The summed E-state index contributed by atoms with van der Waals surface area (Å²) in [4.78, 5) is 19.8. The third-order valence-corrected chi connectivity index (χ3v) is 4.56. The molecular formula is C15H13F3N6O2S. The van der Waals surface area contributed by atoms with Crippen molar-refractivity contribution in [2.24, 2.45) is 0 Å². The molecule has 0 radical (unpaired) electrons. The highest BCUT2D eigenvalue weighted by atomic mass is 32.2. The third kappa shape index (κ3) is 4.27. The Hall–Kier alpha value is -2.89. The minimum Gasteiger partial charge on any atom is -0.361 e. The van der Waals surface area contributed by atoms with Crippen molar-refractivity contribution in [3.63, 3.8) is 0 Å². The van der Waals surface area contributed by atoms with Gasteiger partial charge >= 0.3 is 6.18 Å². The number of carbonyl (C=O) groups is 1. The van der Waals surface area contributed by atoms with E-state index >= 15 is 0 Å². The first kappa shape index (κ1) is 18.9. The quantitative estimate of drug-likeness (QED) is 0.634. The summed E-state index contributed by atoms with van der Waals surface area (Å²) in [6.45, 7) is 3.59. The molecule has 0 saturated heterocycles. The molecule has 1 amide bonds. The van der Waals surface area contributed by atoms with Crippen molar-refractivity contribution in [3.05, 3.63) is 46.7 Å². The van der Waals surface area contributed by atoms with Crippen LogP contribution in [0.1, 0.15) is 33.2 Å². The summed E-state index contributed by atoms with van der Waals surface area (Å²) in [5.74, 6) is -1.30. The Kier molecular flexibility index (Phi) is 5.17. The zero-order valence-electron chi connectivity index (χ0n) is 14.1. The van der Waals surface area contributed by atoms with Crippen molar-refractivity contribution in [2.45, 2.75) is 30.8 Å². The molecule has 3 aromatic rings.